The molecule has 0 aromatic carbocycles. The Labute approximate surface area is 88.3 Å². The van der Waals surface area contributed by atoms with Gasteiger partial charge in [-0.25, -0.2) is 9.97 Å². The summed E-state index contributed by atoms with van der Waals surface area (Å²) in [7, 11) is 0. The first-order valence-electron chi connectivity index (χ1n) is 5.12. The van der Waals surface area contributed by atoms with Crippen LogP contribution in [0.3, 0.4) is 0 Å². The number of hydrogen-bond acceptors (Lipinski definition) is 4. The average Bonchev–Trinajstić information content (AvgIpc) is 2.30. The summed E-state index contributed by atoms with van der Waals surface area (Å²) in [5, 5.41) is 0. The summed E-state index contributed by atoms with van der Waals surface area (Å²) < 4.78 is 0. The van der Waals surface area contributed by atoms with E-state index in [4.69, 9.17) is 5.73 Å². The number of anilines is 1. The maximum atomic E-state index is 11.6. The molecule has 2 N–H and O–H groups in total. The highest BCUT2D eigenvalue weighted by atomic mass is 16.2. The zero-order valence-electron chi connectivity index (χ0n) is 8.52. The number of piperidine rings is 1. The monoisotopic (exact) mass is 206 g/mol. The van der Waals surface area contributed by atoms with Gasteiger partial charge in [0.25, 0.3) is 0 Å². The third kappa shape index (κ3) is 2.12. The quantitative estimate of drug-likeness (QED) is 0.762. The van der Waals surface area contributed by atoms with Crippen LogP contribution in [0.15, 0.2) is 12.4 Å². The van der Waals surface area contributed by atoms with Gasteiger partial charge in [0.05, 0.1) is 5.69 Å². The maximum Gasteiger partial charge on any atom is 0.228 e. The molecule has 1 aromatic rings. The number of rotatable bonds is 2. The molecule has 1 aliphatic heterocycles. The van der Waals surface area contributed by atoms with Crippen molar-refractivity contribution in [1.82, 2.24) is 9.97 Å². The van der Waals surface area contributed by atoms with Crippen LogP contribution >= 0.6 is 0 Å². The van der Waals surface area contributed by atoms with E-state index in [1.165, 1.54) is 6.33 Å². The molecule has 1 saturated heterocycles. The standard InChI is InChI=1S/C10H14N4O/c11-6-8-5-9(13-7-12-8)14-4-2-1-3-10(14)15/h5,7H,1-4,6,11H2. The lowest BCUT2D eigenvalue weighted by Crippen LogP contribution is -2.35. The minimum Gasteiger partial charge on any atom is -0.325 e. The summed E-state index contributed by atoms with van der Waals surface area (Å²) in [6.45, 7) is 1.12. The molecule has 0 radical (unpaired) electrons. The van der Waals surface area contributed by atoms with Crippen molar-refractivity contribution in [1.29, 1.82) is 0 Å². The minimum absolute atomic E-state index is 0.142. The van der Waals surface area contributed by atoms with Crippen molar-refractivity contribution in [3.05, 3.63) is 18.1 Å². The minimum atomic E-state index is 0.142. The van der Waals surface area contributed by atoms with Crippen LogP contribution in [-0.2, 0) is 11.3 Å². The summed E-state index contributed by atoms with van der Waals surface area (Å²) >= 11 is 0. The second kappa shape index (κ2) is 4.35. The van der Waals surface area contributed by atoms with Gasteiger partial charge in [-0.3, -0.25) is 9.69 Å². The first kappa shape index (κ1) is 10.0. The zero-order chi connectivity index (χ0) is 10.7. The second-order valence-corrected chi connectivity index (χ2v) is 3.57. The number of amides is 1. The van der Waals surface area contributed by atoms with E-state index >= 15 is 0 Å². The van der Waals surface area contributed by atoms with Gasteiger partial charge in [0.15, 0.2) is 0 Å². The molecule has 0 spiro atoms. The lowest BCUT2D eigenvalue weighted by atomic mass is 10.1. The molecule has 2 heterocycles. The Morgan fingerprint density at radius 3 is 3.00 bits per heavy atom. The third-order valence-electron chi connectivity index (χ3n) is 2.52. The number of hydrogen-bond donors (Lipinski definition) is 1. The first-order chi connectivity index (χ1) is 7.31. The van der Waals surface area contributed by atoms with Gasteiger partial charge >= 0.3 is 0 Å². The molecule has 0 aliphatic carbocycles. The summed E-state index contributed by atoms with van der Waals surface area (Å²) in [5.74, 6) is 0.818. The molecular formula is C10H14N4O. The van der Waals surface area contributed by atoms with Crippen molar-refractivity contribution in [3.8, 4) is 0 Å². The van der Waals surface area contributed by atoms with E-state index in [1.54, 1.807) is 11.0 Å². The van der Waals surface area contributed by atoms with Crippen molar-refractivity contribution < 1.29 is 4.79 Å². The summed E-state index contributed by atoms with van der Waals surface area (Å²) in [5.41, 5.74) is 6.25. The SMILES string of the molecule is NCc1cc(N2CCCCC2=O)ncn1. The smallest absolute Gasteiger partial charge is 0.228 e. The van der Waals surface area contributed by atoms with Crippen molar-refractivity contribution in [2.45, 2.75) is 25.8 Å². The van der Waals surface area contributed by atoms with E-state index < -0.39 is 0 Å². The lowest BCUT2D eigenvalue weighted by molar-refractivity contribution is -0.119. The molecule has 0 saturated carbocycles. The van der Waals surface area contributed by atoms with Crippen LogP contribution in [0.5, 0.6) is 0 Å². The van der Waals surface area contributed by atoms with Gasteiger partial charge in [0, 0.05) is 25.6 Å². The van der Waals surface area contributed by atoms with Gasteiger partial charge in [-0.05, 0) is 12.8 Å². The Hall–Kier alpha value is -1.49. The number of nitrogens with zero attached hydrogens (tertiary/aromatic N) is 3. The Kier molecular flexibility index (Phi) is 2.91. The molecule has 15 heavy (non-hydrogen) atoms. The van der Waals surface area contributed by atoms with Crippen LogP contribution < -0.4 is 10.6 Å². The van der Waals surface area contributed by atoms with Gasteiger partial charge in [0.1, 0.15) is 12.1 Å². The van der Waals surface area contributed by atoms with Crippen LogP contribution in [0.25, 0.3) is 0 Å². The maximum absolute atomic E-state index is 11.6. The van der Waals surface area contributed by atoms with Gasteiger partial charge in [-0.2, -0.15) is 0 Å². The Morgan fingerprint density at radius 2 is 2.27 bits per heavy atom. The van der Waals surface area contributed by atoms with Crippen LogP contribution in [0.1, 0.15) is 25.0 Å². The van der Waals surface area contributed by atoms with Crippen molar-refractivity contribution in [3.63, 3.8) is 0 Å². The summed E-state index contributed by atoms with van der Waals surface area (Å²) in [6.07, 6.45) is 4.08. The van der Waals surface area contributed by atoms with Crippen LogP contribution in [0.2, 0.25) is 0 Å². The molecule has 2 rings (SSSR count). The van der Waals surface area contributed by atoms with Crippen LogP contribution in [0, 0.1) is 0 Å². The topological polar surface area (TPSA) is 72.1 Å². The second-order valence-electron chi connectivity index (χ2n) is 3.57. The van der Waals surface area contributed by atoms with Crippen LogP contribution in [0.4, 0.5) is 5.82 Å². The van der Waals surface area contributed by atoms with Gasteiger partial charge in [-0.15, -0.1) is 0 Å². The van der Waals surface area contributed by atoms with E-state index in [0.29, 0.717) is 18.8 Å². The average molecular weight is 206 g/mol. The third-order valence-corrected chi connectivity index (χ3v) is 2.52. The Morgan fingerprint density at radius 1 is 1.40 bits per heavy atom. The highest BCUT2D eigenvalue weighted by Crippen LogP contribution is 2.18. The van der Waals surface area contributed by atoms with Crippen molar-refractivity contribution >= 4 is 11.7 Å². The van der Waals surface area contributed by atoms with E-state index in [-0.39, 0.29) is 5.91 Å². The fraction of sp³-hybridized carbons (Fsp3) is 0.500. The molecule has 1 amide bonds. The fourth-order valence-corrected chi connectivity index (χ4v) is 1.69. The molecule has 5 heteroatoms. The first-order valence-corrected chi connectivity index (χ1v) is 5.12. The van der Waals surface area contributed by atoms with Gasteiger partial charge < -0.3 is 5.73 Å². The van der Waals surface area contributed by atoms with Crippen molar-refractivity contribution in [2.24, 2.45) is 5.73 Å². The summed E-state index contributed by atoms with van der Waals surface area (Å²) in [4.78, 5) is 21.4. The number of nitrogens with two attached hydrogens (primary N) is 1. The van der Waals surface area contributed by atoms with Crippen LogP contribution in [-0.4, -0.2) is 22.4 Å². The Bertz CT molecular complexity index is 366. The molecule has 1 aromatic heterocycles. The number of carbonyl (C=O) groups is 1. The van der Waals surface area contributed by atoms with E-state index in [1.807, 2.05) is 0 Å². The predicted molar refractivity (Wildman–Crippen MR) is 56.1 cm³/mol. The predicted octanol–water partition coefficient (Wildman–Crippen LogP) is 0.452. The van der Waals surface area contributed by atoms with Gasteiger partial charge in [-0.1, -0.05) is 0 Å². The Balaban J connectivity index is 2.23. The molecule has 1 aliphatic rings. The van der Waals surface area contributed by atoms with E-state index in [0.717, 1.165) is 25.1 Å². The molecule has 0 bridgehead atoms. The zero-order valence-corrected chi connectivity index (χ0v) is 8.52. The van der Waals surface area contributed by atoms with E-state index in [9.17, 15) is 4.79 Å². The molecule has 0 unspecified atom stereocenters. The van der Waals surface area contributed by atoms with E-state index in [2.05, 4.69) is 9.97 Å². The molecule has 0 atom stereocenters. The highest BCUT2D eigenvalue weighted by molar-refractivity contribution is 5.92. The molecular weight excluding hydrogens is 192 g/mol. The number of aromatic nitrogens is 2. The summed E-state index contributed by atoms with van der Waals surface area (Å²) in [6, 6.07) is 1.78. The van der Waals surface area contributed by atoms with Crippen molar-refractivity contribution in [2.75, 3.05) is 11.4 Å². The molecule has 5 nitrogen and oxygen atoms in total. The highest BCUT2D eigenvalue weighted by Gasteiger charge is 2.20. The molecule has 1 fully saturated rings. The lowest BCUT2D eigenvalue weighted by Gasteiger charge is -2.25. The normalized spacial score (nSPS) is 16.9. The fourth-order valence-electron chi connectivity index (χ4n) is 1.69. The molecule has 80 valence electrons. The van der Waals surface area contributed by atoms with Gasteiger partial charge in [0.2, 0.25) is 5.91 Å². The largest absolute Gasteiger partial charge is 0.325 e. The number of carbonyl (C=O) groups excluding carboxylic acids is 1.